The number of furan rings is 1. The quantitative estimate of drug-likeness (QED) is 0.485. The number of ether oxygens (including phenoxy) is 1. The minimum atomic E-state index is -1.91. The molecule has 0 bridgehead atoms. The van der Waals surface area contributed by atoms with Crippen molar-refractivity contribution in [1.82, 2.24) is 20.9 Å². The van der Waals surface area contributed by atoms with Crippen LogP contribution in [0.4, 0.5) is 13.6 Å². The Morgan fingerprint density at radius 2 is 1.94 bits per heavy atom. The van der Waals surface area contributed by atoms with Gasteiger partial charge in [-0.05, 0) is 23.8 Å². The number of benzene rings is 2. The molecule has 35 heavy (non-hydrogen) atoms. The number of nitrogens with zero attached hydrogens (tertiary/aromatic N) is 1. The number of imide groups is 1. The minimum absolute atomic E-state index is 0.0100. The van der Waals surface area contributed by atoms with Crippen molar-refractivity contribution in [3.05, 3.63) is 63.9 Å². The molecule has 5 amide bonds. The van der Waals surface area contributed by atoms with Crippen LogP contribution in [0.25, 0.3) is 11.0 Å². The first-order valence-electron chi connectivity index (χ1n) is 10.6. The fourth-order valence-electron chi connectivity index (χ4n) is 4.85. The number of urea groups is 1. The molecule has 0 spiro atoms. The third-order valence-electron chi connectivity index (χ3n) is 6.59. The molecular weight excluding hydrogens is 466 g/mol. The third-order valence-corrected chi connectivity index (χ3v) is 6.59. The zero-order chi connectivity index (χ0) is 24.6. The molecule has 2 aromatic carbocycles. The lowest BCUT2D eigenvalue weighted by molar-refractivity contribution is -0.125. The van der Waals surface area contributed by atoms with Crippen LogP contribution < -0.4 is 20.7 Å². The second-order valence-electron chi connectivity index (χ2n) is 8.52. The van der Waals surface area contributed by atoms with Gasteiger partial charge in [0, 0.05) is 29.6 Å². The first-order valence-corrected chi connectivity index (χ1v) is 10.6. The van der Waals surface area contributed by atoms with Crippen molar-refractivity contribution >= 4 is 34.7 Å². The van der Waals surface area contributed by atoms with Crippen LogP contribution in [0.3, 0.4) is 0 Å². The molecular formula is C23H16F2N4O6. The zero-order valence-corrected chi connectivity index (χ0v) is 18.1. The summed E-state index contributed by atoms with van der Waals surface area (Å²) >= 11 is 0. The van der Waals surface area contributed by atoms with Crippen LogP contribution >= 0.6 is 0 Å². The predicted molar refractivity (Wildman–Crippen MR) is 113 cm³/mol. The lowest BCUT2D eigenvalue weighted by Gasteiger charge is -2.29. The number of hydrogen-bond acceptors (Lipinski definition) is 6. The van der Waals surface area contributed by atoms with Crippen LogP contribution in [-0.2, 0) is 23.4 Å². The van der Waals surface area contributed by atoms with E-state index in [2.05, 4.69) is 16.0 Å². The summed E-state index contributed by atoms with van der Waals surface area (Å²) in [5, 5.41) is 7.33. The Labute approximate surface area is 195 Å². The molecule has 1 saturated heterocycles. The third kappa shape index (κ3) is 2.79. The van der Waals surface area contributed by atoms with E-state index in [1.54, 1.807) is 0 Å². The standard InChI is InChI=1S/C23H16F2N4O6/c1-34-13-3-2-9-7-29(20(31)15(9)17(13)25)8-23(21(32)27-22(33)28-23)14-5-10-4-11-12(6-26-19(11)30)16(24)18(10)35-14/h2-5H,6-8H2,1H3,(H,26,30)(H2,27,28,32,33)/t23-/m0/s1. The summed E-state index contributed by atoms with van der Waals surface area (Å²) in [6.45, 7) is -0.464. The van der Waals surface area contributed by atoms with Gasteiger partial charge >= 0.3 is 6.03 Å². The molecule has 0 unspecified atom stereocenters. The monoisotopic (exact) mass is 482 g/mol. The number of hydrogen-bond donors (Lipinski definition) is 3. The van der Waals surface area contributed by atoms with Gasteiger partial charge in [0.25, 0.3) is 17.7 Å². The fraction of sp³-hybridized carbons (Fsp3) is 0.217. The van der Waals surface area contributed by atoms with Crippen LogP contribution in [0.2, 0.25) is 0 Å². The number of carbonyl (C=O) groups excluding carboxylic acids is 4. The fourth-order valence-corrected chi connectivity index (χ4v) is 4.85. The number of methoxy groups -OCH3 is 1. The maximum absolute atomic E-state index is 15.1. The van der Waals surface area contributed by atoms with E-state index in [4.69, 9.17) is 9.15 Å². The summed E-state index contributed by atoms with van der Waals surface area (Å²) in [6, 6.07) is 4.87. The molecule has 3 aromatic rings. The van der Waals surface area contributed by atoms with Gasteiger partial charge in [0.1, 0.15) is 5.76 Å². The van der Waals surface area contributed by atoms with E-state index < -0.39 is 47.5 Å². The second-order valence-corrected chi connectivity index (χ2v) is 8.52. The Hall–Kier alpha value is -4.48. The SMILES string of the molecule is COc1ccc2c(c1F)C(=O)N(C[C@@]1(c3cc4cc5c(c(F)c4o3)CNC5=O)NC(=O)NC1=O)C2. The molecule has 4 heterocycles. The van der Waals surface area contributed by atoms with Crippen LogP contribution in [-0.4, -0.2) is 42.3 Å². The predicted octanol–water partition coefficient (Wildman–Crippen LogP) is 1.65. The molecule has 1 aromatic heterocycles. The lowest BCUT2D eigenvalue weighted by Crippen LogP contribution is -2.52. The van der Waals surface area contributed by atoms with Gasteiger partial charge in [-0.25, -0.2) is 13.6 Å². The highest BCUT2D eigenvalue weighted by Crippen LogP contribution is 2.38. The van der Waals surface area contributed by atoms with Crippen molar-refractivity contribution in [3.8, 4) is 5.75 Å². The van der Waals surface area contributed by atoms with E-state index in [1.807, 2.05) is 0 Å². The smallest absolute Gasteiger partial charge is 0.322 e. The molecule has 0 aliphatic carbocycles. The van der Waals surface area contributed by atoms with Gasteiger partial charge in [0.15, 0.2) is 28.5 Å². The number of carbonyl (C=O) groups is 4. The van der Waals surface area contributed by atoms with Crippen LogP contribution in [0.1, 0.15) is 37.6 Å². The average Bonchev–Trinajstić information content (AvgIpc) is 3.56. The summed E-state index contributed by atoms with van der Waals surface area (Å²) in [5.74, 6) is -3.81. The number of halogens is 2. The van der Waals surface area contributed by atoms with Gasteiger partial charge in [-0.2, -0.15) is 0 Å². The molecule has 3 aliphatic rings. The molecule has 12 heteroatoms. The zero-order valence-electron chi connectivity index (χ0n) is 18.1. The Balaban J connectivity index is 1.44. The highest BCUT2D eigenvalue weighted by Gasteiger charge is 2.53. The average molecular weight is 482 g/mol. The molecule has 3 N–H and O–H groups in total. The maximum Gasteiger partial charge on any atom is 0.322 e. The Morgan fingerprint density at radius 3 is 2.66 bits per heavy atom. The lowest BCUT2D eigenvalue weighted by atomic mass is 9.95. The van der Waals surface area contributed by atoms with Gasteiger partial charge in [-0.3, -0.25) is 19.7 Å². The van der Waals surface area contributed by atoms with Gasteiger partial charge in [0.2, 0.25) is 0 Å². The van der Waals surface area contributed by atoms with E-state index in [0.717, 1.165) is 0 Å². The van der Waals surface area contributed by atoms with E-state index >= 15 is 4.39 Å². The van der Waals surface area contributed by atoms with E-state index in [1.165, 1.54) is 36.3 Å². The summed E-state index contributed by atoms with van der Waals surface area (Å²) in [7, 11) is 1.27. The summed E-state index contributed by atoms with van der Waals surface area (Å²) in [4.78, 5) is 51.5. The highest BCUT2D eigenvalue weighted by atomic mass is 19.1. The molecule has 0 radical (unpaired) electrons. The van der Waals surface area contributed by atoms with Crippen LogP contribution in [0.5, 0.6) is 5.75 Å². The molecule has 10 nitrogen and oxygen atoms in total. The summed E-state index contributed by atoms with van der Waals surface area (Å²) < 4.78 is 40.6. The van der Waals surface area contributed by atoms with Crippen molar-refractivity contribution < 1.29 is 37.1 Å². The summed E-state index contributed by atoms with van der Waals surface area (Å²) in [5.41, 5.74) is -1.64. The Morgan fingerprint density at radius 1 is 1.14 bits per heavy atom. The number of rotatable bonds is 4. The Bertz CT molecular complexity index is 1520. The first kappa shape index (κ1) is 21.1. The molecule has 178 valence electrons. The molecule has 0 saturated carbocycles. The van der Waals surface area contributed by atoms with Crippen molar-refractivity contribution in [2.24, 2.45) is 0 Å². The second kappa shape index (κ2) is 7.01. The van der Waals surface area contributed by atoms with Gasteiger partial charge < -0.3 is 24.7 Å². The number of fused-ring (bicyclic) bond motifs is 3. The molecule has 1 atom stereocenters. The normalized spacial score (nSPS) is 20.7. The van der Waals surface area contributed by atoms with E-state index in [-0.39, 0.29) is 52.3 Å². The molecule has 3 aliphatic heterocycles. The Kier molecular flexibility index (Phi) is 4.22. The van der Waals surface area contributed by atoms with Gasteiger partial charge in [-0.15, -0.1) is 0 Å². The summed E-state index contributed by atoms with van der Waals surface area (Å²) in [6.07, 6.45) is 0. The van der Waals surface area contributed by atoms with E-state index in [0.29, 0.717) is 5.56 Å². The van der Waals surface area contributed by atoms with E-state index in [9.17, 15) is 23.6 Å². The van der Waals surface area contributed by atoms with Crippen molar-refractivity contribution in [2.75, 3.05) is 13.7 Å². The largest absolute Gasteiger partial charge is 0.494 e. The maximum atomic E-state index is 15.1. The first-order chi connectivity index (χ1) is 16.7. The van der Waals surface area contributed by atoms with Crippen molar-refractivity contribution in [2.45, 2.75) is 18.6 Å². The number of nitrogens with one attached hydrogen (secondary N) is 3. The van der Waals surface area contributed by atoms with Crippen LogP contribution in [0, 0.1) is 11.6 Å². The number of amides is 5. The highest BCUT2D eigenvalue weighted by molar-refractivity contribution is 6.09. The molecule has 1 fully saturated rings. The van der Waals surface area contributed by atoms with Gasteiger partial charge in [-0.1, -0.05) is 6.07 Å². The van der Waals surface area contributed by atoms with Crippen molar-refractivity contribution in [3.63, 3.8) is 0 Å². The molecule has 6 rings (SSSR count). The van der Waals surface area contributed by atoms with Crippen LogP contribution in [0.15, 0.2) is 28.7 Å². The van der Waals surface area contributed by atoms with Gasteiger partial charge in [0.05, 0.1) is 19.2 Å². The topological polar surface area (TPSA) is 130 Å². The van der Waals surface area contributed by atoms with Crippen molar-refractivity contribution in [1.29, 1.82) is 0 Å². The minimum Gasteiger partial charge on any atom is -0.494 e.